The number of nitrogen functional groups attached to an aromatic ring is 1. The topological polar surface area (TPSA) is 46.3 Å². The second-order valence-electron chi connectivity index (χ2n) is 5.42. The normalized spacial score (nSPS) is 20.6. The Morgan fingerprint density at radius 1 is 1.33 bits per heavy atom. The summed E-state index contributed by atoms with van der Waals surface area (Å²) < 4.78 is 0. The Kier molecular flexibility index (Phi) is 3.90. The molecule has 0 aromatic heterocycles. The molecule has 1 unspecified atom stereocenters. The molecule has 2 rings (SSSR count). The lowest BCUT2D eigenvalue weighted by atomic mass is 10.0. The van der Waals surface area contributed by atoms with Crippen molar-refractivity contribution in [3.8, 4) is 0 Å². The van der Waals surface area contributed by atoms with E-state index in [0.717, 1.165) is 37.4 Å². The predicted octanol–water partition coefficient (Wildman–Crippen LogP) is 2.84. The van der Waals surface area contributed by atoms with Gasteiger partial charge in [0.25, 0.3) is 5.91 Å². The SMILES string of the molecule is Cc1ccc(N)c(C(=O)N2CCCC(C)CC2)c1. The van der Waals surface area contributed by atoms with Crippen molar-refractivity contribution in [2.24, 2.45) is 5.92 Å². The van der Waals surface area contributed by atoms with Gasteiger partial charge in [-0.15, -0.1) is 0 Å². The first-order valence-corrected chi connectivity index (χ1v) is 6.73. The number of benzene rings is 1. The van der Waals surface area contributed by atoms with E-state index < -0.39 is 0 Å². The second kappa shape index (κ2) is 5.42. The van der Waals surface area contributed by atoms with Crippen LogP contribution in [0.2, 0.25) is 0 Å². The highest BCUT2D eigenvalue weighted by molar-refractivity contribution is 5.99. The molecular weight excluding hydrogens is 224 g/mol. The summed E-state index contributed by atoms with van der Waals surface area (Å²) in [6, 6.07) is 5.66. The highest BCUT2D eigenvalue weighted by Gasteiger charge is 2.21. The molecule has 1 saturated heterocycles. The van der Waals surface area contributed by atoms with Crippen LogP contribution in [0.15, 0.2) is 18.2 Å². The highest BCUT2D eigenvalue weighted by atomic mass is 16.2. The van der Waals surface area contributed by atoms with Crippen LogP contribution < -0.4 is 5.73 Å². The number of rotatable bonds is 1. The van der Waals surface area contributed by atoms with E-state index in [4.69, 9.17) is 5.73 Å². The minimum absolute atomic E-state index is 0.0882. The largest absolute Gasteiger partial charge is 0.398 e. The summed E-state index contributed by atoms with van der Waals surface area (Å²) in [5.41, 5.74) is 8.24. The van der Waals surface area contributed by atoms with Crippen LogP contribution in [0.25, 0.3) is 0 Å². The Labute approximate surface area is 109 Å². The number of aryl methyl sites for hydroxylation is 1. The number of nitrogens with zero attached hydrogens (tertiary/aromatic N) is 1. The number of likely N-dealkylation sites (tertiary alicyclic amines) is 1. The van der Waals surface area contributed by atoms with Crippen molar-refractivity contribution in [2.75, 3.05) is 18.8 Å². The van der Waals surface area contributed by atoms with E-state index in [1.54, 1.807) is 0 Å². The maximum Gasteiger partial charge on any atom is 0.255 e. The van der Waals surface area contributed by atoms with Gasteiger partial charge in [0.2, 0.25) is 0 Å². The fraction of sp³-hybridized carbons (Fsp3) is 0.533. The van der Waals surface area contributed by atoms with Crippen molar-refractivity contribution < 1.29 is 4.79 Å². The third kappa shape index (κ3) is 2.84. The van der Waals surface area contributed by atoms with Gasteiger partial charge in [-0.1, -0.05) is 18.6 Å². The third-order valence-electron chi connectivity index (χ3n) is 3.74. The van der Waals surface area contributed by atoms with E-state index in [1.165, 1.54) is 6.42 Å². The van der Waals surface area contributed by atoms with Crippen LogP contribution in [-0.2, 0) is 0 Å². The first kappa shape index (κ1) is 12.9. The maximum absolute atomic E-state index is 12.5. The van der Waals surface area contributed by atoms with Gasteiger partial charge in [-0.3, -0.25) is 4.79 Å². The van der Waals surface area contributed by atoms with Gasteiger partial charge in [-0.25, -0.2) is 0 Å². The summed E-state index contributed by atoms with van der Waals surface area (Å²) in [5, 5.41) is 0. The number of nitrogens with two attached hydrogens (primary N) is 1. The Balaban J connectivity index is 2.17. The maximum atomic E-state index is 12.5. The Morgan fingerprint density at radius 2 is 2.11 bits per heavy atom. The van der Waals surface area contributed by atoms with Gasteiger partial charge in [0.15, 0.2) is 0 Å². The van der Waals surface area contributed by atoms with Crippen molar-refractivity contribution in [3.05, 3.63) is 29.3 Å². The molecule has 0 radical (unpaired) electrons. The van der Waals surface area contributed by atoms with Crippen molar-refractivity contribution in [3.63, 3.8) is 0 Å². The first-order valence-electron chi connectivity index (χ1n) is 6.73. The quantitative estimate of drug-likeness (QED) is 0.774. The van der Waals surface area contributed by atoms with Crippen LogP contribution in [0.4, 0.5) is 5.69 Å². The molecule has 1 atom stereocenters. The number of hydrogen-bond donors (Lipinski definition) is 1. The summed E-state index contributed by atoms with van der Waals surface area (Å²) in [6.45, 7) is 5.96. The van der Waals surface area contributed by atoms with E-state index in [-0.39, 0.29) is 5.91 Å². The van der Waals surface area contributed by atoms with E-state index in [0.29, 0.717) is 11.3 Å². The molecule has 1 aromatic rings. The van der Waals surface area contributed by atoms with Crippen molar-refractivity contribution >= 4 is 11.6 Å². The van der Waals surface area contributed by atoms with Crippen LogP contribution in [0, 0.1) is 12.8 Å². The summed E-state index contributed by atoms with van der Waals surface area (Å²) >= 11 is 0. The molecule has 3 heteroatoms. The summed E-state index contributed by atoms with van der Waals surface area (Å²) in [5.74, 6) is 0.808. The molecule has 1 amide bonds. The zero-order valence-corrected chi connectivity index (χ0v) is 11.3. The zero-order valence-electron chi connectivity index (χ0n) is 11.3. The van der Waals surface area contributed by atoms with Crippen LogP contribution in [0.5, 0.6) is 0 Å². The number of hydrogen-bond acceptors (Lipinski definition) is 2. The van der Waals surface area contributed by atoms with Gasteiger partial charge in [-0.05, 0) is 44.2 Å². The number of amides is 1. The van der Waals surface area contributed by atoms with Crippen LogP contribution in [0.3, 0.4) is 0 Å². The van der Waals surface area contributed by atoms with E-state index in [1.807, 2.05) is 30.0 Å². The molecule has 1 aliphatic heterocycles. The standard InChI is InChI=1S/C15H22N2O/c1-11-4-3-8-17(9-7-11)15(18)13-10-12(2)5-6-14(13)16/h5-6,10-11H,3-4,7-9,16H2,1-2H3. The van der Waals surface area contributed by atoms with Crippen molar-refractivity contribution in [1.82, 2.24) is 4.90 Å². The zero-order chi connectivity index (χ0) is 13.1. The Bertz CT molecular complexity index is 442. The van der Waals surface area contributed by atoms with Crippen LogP contribution in [-0.4, -0.2) is 23.9 Å². The lowest BCUT2D eigenvalue weighted by molar-refractivity contribution is 0.0761. The third-order valence-corrected chi connectivity index (χ3v) is 3.74. The molecule has 0 aliphatic carbocycles. The van der Waals surface area contributed by atoms with Gasteiger partial charge in [0.05, 0.1) is 5.56 Å². The summed E-state index contributed by atoms with van der Waals surface area (Å²) in [4.78, 5) is 14.4. The van der Waals surface area contributed by atoms with E-state index in [2.05, 4.69) is 6.92 Å². The predicted molar refractivity (Wildman–Crippen MR) is 74.5 cm³/mol. The second-order valence-corrected chi connectivity index (χ2v) is 5.42. The average Bonchev–Trinajstić information content (AvgIpc) is 2.56. The molecule has 0 bridgehead atoms. The number of anilines is 1. The minimum Gasteiger partial charge on any atom is -0.398 e. The monoisotopic (exact) mass is 246 g/mol. The molecule has 1 fully saturated rings. The molecule has 2 N–H and O–H groups in total. The van der Waals surface area contributed by atoms with Gasteiger partial charge in [0.1, 0.15) is 0 Å². The van der Waals surface area contributed by atoms with Gasteiger partial charge < -0.3 is 10.6 Å². The molecule has 3 nitrogen and oxygen atoms in total. The smallest absolute Gasteiger partial charge is 0.255 e. The molecule has 0 saturated carbocycles. The highest BCUT2D eigenvalue weighted by Crippen LogP contribution is 2.21. The van der Waals surface area contributed by atoms with Crippen molar-refractivity contribution in [2.45, 2.75) is 33.1 Å². The molecule has 1 aliphatic rings. The van der Waals surface area contributed by atoms with E-state index in [9.17, 15) is 4.79 Å². The molecule has 0 spiro atoms. The summed E-state index contributed by atoms with van der Waals surface area (Å²) in [7, 11) is 0. The fourth-order valence-electron chi connectivity index (χ4n) is 2.49. The number of carbonyl (C=O) groups is 1. The molecule has 98 valence electrons. The van der Waals surface area contributed by atoms with Crippen LogP contribution >= 0.6 is 0 Å². The van der Waals surface area contributed by atoms with E-state index >= 15 is 0 Å². The molecule has 1 heterocycles. The average molecular weight is 246 g/mol. The summed E-state index contributed by atoms with van der Waals surface area (Å²) in [6.07, 6.45) is 3.41. The van der Waals surface area contributed by atoms with Crippen molar-refractivity contribution in [1.29, 1.82) is 0 Å². The van der Waals surface area contributed by atoms with Gasteiger partial charge in [0, 0.05) is 18.8 Å². The molecule has 1 aromatic carbocycles. The molecular formula is C15H22N2O. The lowest BCUT2D eigenvalue weighted by Crippen LogP contribution is -2.32. The van der Waals surface area contributed by atoms with Gasteiger partial charge >= 0.3 is 0 Å². The first-order chi connectivity index (χ1) is 8.58. The fourth-order valence-corrected chi connectivity index (χ4v) is 2.49. The molecule has 18 heavy (non-hydrogen) atoms. The van der Waals surface area contributed by atoms with Gasteiger partial charge in [-0.2, -0.15) is 0 Å². The van der Waals surface area contributed by atoms with Crippen LogP contribution in [0.1, 0.15) is 42.1 Å². The lowest BCUT2D eigenvalue weighted by Gasteiger charge is -2.21. The minimum atomic E-state index is 0.0882. The Hall–Kier alpha value is -1.51. The number of carbonyl (C=O) groups excluding carboxylic acids is 1. The Morgan fingerprint density at radius 3 is 2.89 bits per heavy atom.